The molecule has 0 fully saturated rings. The molecule has 2 aromatic carbocycles. The summed E-state index contributed by atoms with van der Waals surface area (Å²) in [6.45, 7) is 0.369. The van der Waals surface area contributed by atoms with E-state index in [0.29, 0.717) is 17.0 Å². The molecule has 9 heteroatoms. The third-order valence-electron chi connectivity index (χ3n) is 4.29. The minimum atomic E-state index is -0.677. The van der Waals surface area contributed by atoms with Crippen LogP contribution in [0.2, 0.25) is 0 Å². The van der Waals surface area contributed by atoms with Crippen molar-refractivity contribution in [2.75, 3.05) is 30.4 Å². The number of carbonyl (C=O) groups excluding carboxylic acids is 2. The molecule has 0 spiro atoms. The lowest BCUT2D eigenvalue weighted by Crippen LogP contribution is -2.50. The molecule has 27 heavy (non-hydrogen) atoms. The topological polar surface area (TPSA) is 96.5 Å². The summed E-state index contributed by atoms with van der Waals surface area (Å²) in [5.41, 5.74) is 2.81. The first-order chi connectivity index (χ1) is 13.2. The van der Waals surface area contributed by atoms with E-state index in [9.17, 15) is 9.59 Å². The highest BCUT2D eigenvalue weighted by atomic mass is 32.1. The van der Waals surface area contributed by atoms with Crippen molar-refractivity contribution >= 4 is 46.0 Å². The van der Waals surface area contributed by atoms with Crippen LogP contribution in [0.15, 0.2) is 42.5 Å². The van der Waals surface area contributed by atoms with Crippen molar-refractivity contribution < 1.29 is 14.3 Å². The summed E-state index contributed by atoms with van der Waals surface area (Å²) in [6, 6.07) is 12.8. The highest BCUT2D eigenvalue weighted by molar-refractivity contribution is 7.00. The third-order valence-corrected chi connectivity index (χ3v) is 4.84. The number of likely N-dealkylation sites (N-methyl/N-ethyl adjacent to an activating group) is 1. The molecule has 1 aliphatic heterocycles. The Morgan fingerprint density at radius 1 is 1.22 bits per heavy atom. The number of benzene rings is 2. The standard InChI is InChI=1S/C18H17N5O3S/c1-19-18(25)15-9-23(13-7-2-3-8-14(13)26-15)10-16(24)20-11-5-4-6-12-17(11)22-27-21-12/h2-8,15H,9-10H2,1H3,(H,19,25)(H,20,24). The van der Waals surface area contributed by atoms with Crippen LogP contribution in [0.5, 0.6) is 5.75 Å². The number of nitrogens with one attached hydrogen (secondary N) is 2. The molecule has 1 atom stereocenters. The second kappa shape index (κ2) is 7.20. The molecule has 8 nitrogen and oxygen atoms in total. The van der Waals surface area contributed by atoms with Crippen molar-refractivity contribution in [2.24, 2.45) is 0 Å². The summed E-state index contributed by atoms with van der Waals surface area (Å²) < 4.78 is 14.2. The number of hydrogen-bond acceptors (Lipinski definition) is 7. The zero-order valence-corrected chi connectivity index (χ0v) is 15.3. The zero-order chi connectivity index (χ0) is 18.8. The van der Waals surface area contributed by atoms with E-state index in [2.05, 4.69) is 19.4 Å². The fourth-order valence-electron chi connectivity index (χ4n) is 3.02. The lowest BCUT2D eigenvalue weighted by Gasteiger charge is -2.34. The quantitative estimate of drug-likeness (QED) is 0.711. The summed E-state index contributed by atoms with van der Waals surface area (Å²) >= 11 is 1.10. The van der Waals surface area contributed by atoms with E-state index in [4.69, 9.17) is 4.74 Å². The van der Waals surface area contributed by atoms with E-state index in [-0.39, 0.29) is 24.9 Å². The average Bonchev–Trinajstić information content (AvgIpc) is 3.17. The van der Waals surface area contributed by atoms with E-state index >= 15 is 0 Å². The van der Waals surface area contributed by atoms with Gasteiger partial charge in [-0.25, -0.2) is 0 Å². The van der Waals surface area contributed by atoms with Crippen LogP contribution in [0.3, 0.4) is 0 Å². The van der Waals surface area contributed by atoms with E-state index in [1.807, 2.05) is 35.2 Å². The summed E-state index contributed by atoms with van der Waals surface area (Å²) in [5, 5.41) is 5.48. The summed E-state index contributed by atoms with van der Waals surface area (Å²) in [6.07, 6.45) is -0.677. The molecule has 3 aromatic rings. The third kappa shape index (κ3) is 3.41. The fourth-order valence-corrected chi connectivity index (χ4v) is 3.57. The van der Waals surface area contributed by atoms with Crippen LogP contribution in [-0.4, -0.2) is 46.8 Å². The molecule has 1 unspecified atom stereocenters. The van der Waals surface area contributed by atoms with Crippen LogP contribution in [0.25, 0.3) is 11.0 Å². The molecular formula is C18H17N5O3S. The largest absolute Gasteiger partial charge is 0.477 e. The molecule has 1 aromatic heterocycles. The van der Waals surface area contributed by atoms with Crippen molar-refractivity contribution in [1.29, 1.82) is 0 Å². The van der Waals surface area contributed by atoms with E-state index in [1.54, 1.807) is 19.2 Å². The number of aromatic nitrogens is 2. The van der Waals surface area contributed by atoms with Crippen molar-refractivity contribution in [3.8, 4) is 5.75 Å². The molecule has 138 valence electrons. The normalized spacial score (nSPS) is 15.7. The summed E-state index contributed by atoms with van der Waals surface area (Å²) in [5.74, 6) is 0.145. The molecule has 0 saturated carbocycles. The molecule has 4 rings (SSSR count). The predicted octanol–water partition coefficient (Wildman–Crippen LogP) is 1.64. The monoisotopic (exact) mass is 383 g/mol. The zero-order valence-electron chi connectivity index (χ0n) is 14.5. The Morgan fingerprint density at radius 2 is 2.07 bits per heavy atom. The van der Waals surface area contributed by atoms with Crippen LogP contribution in [0.1, 0.15) is 0 Å². The minimum Gasteiger partial charge on any atom is -0.477 e. The van der Waals surface area contributed by atoms with E-state index in [1.165, 1.54) is 0 Å². The Morgan fingerprint density at radius 3 is 2.93 bits per heavy atom. The van der Waals surface area contributed by atoms with Gasteiger partial charge >= 0.3 is 0 Å². The van der Waals surface area contributed by atoms with Gasteiger partial charge in [-0.3, -0.25) is 9.59 Å². The maximum absolute atomic E-state index is 12.7. The van der Waals surface area contributed by atoms with Gasteiger partial charge in [-0.05, 0) is 24.3 Å². The van der Waals surface area contributed by atoms with Gasteiger partial charge in [-0.2, -0.15) is 8.75 Å². The van der Waals surface area contributed by atoms with Gasteiger partial charge in [-0.15, -0.1) is 0 Å². The highest BCUT2D eigenvalue weighted by Crippen LogP contribution is 2.33. The van der Waals surface area contributed by atoms with Gasteiger partial charge in [-0.1, -0.05) is 18.2 Å². The van der Waals surface area contributed by atoms with Gasteiger partial charge in [0, 0.05) is 7.05 Å². The van der Waals surface area contributed by atoms with Crippen molar-refractivity contribution in [2.45, 2.75) is 6.10 Å². The molecular weight excluding hydrogens is 366 g/mol. The van der Waals surface area contributed by atoms with E-state index < -0.39 is 6.10 Å². The Bertz CT molecular complexity index is 1010. The molecule has 0 saturated heterocycles. The molecule has 2 amide bonds. The van der Waals surface area contributed by atoms with Crippen molar-refractivity contribution in [1.82, 2.24) is 14.1 Å². The number of nitrogens with zero attached hydrogens (tertiary/aromatic N) is 3. The fraction of sp³-hybridized carbons (Fsp3) is 0.222. The van der Waals surface area contributed by atoms with Gasteiger partial charge in [0.05, 0.1) is 36.2 Å². The molecule has 0 radical (unpaired) electrons. The van der Waals surface area contributed by atoms with Gasteiger partial charge in [0.2, 0.25) is 5.91 Å². The number of ether oxygens (including phenoxy) is 1. The Kier molecular flexibility index (Phi) is 4.59. The minimum absolute atomic E-state index is 0.0851. The highest BCUT2D eigenvalue weighted by Gasteiger charge is 2.31. The molecule has 1 aliphatic rings. The predicted molar refractivity (Wildman–Crippen MR) is 103 cm³/mol. The summed E-state index contributed by atoms with van der Waals surface area (Å²) in [7, 11) is 1.56. The number of hydrogen-bond donors (Lipinski definition) is 2. The number of rotatable bonds is 4. The van der Waals surface area contributed by atoms with Crippen LogP contribution in [0, 0.1) is 0 Å². The number of para-hydroxylation sites is 2. The second-order valence-corrected chi connectivity index (χ2v) is 6.58. The van der Waals surface area contributed by atoms with Crippen molar-refractivity contribution in [3.05, 3.63) is 42.5 Å². The lowest BCUT2D eigenvalue weighted by molar-refractivity contribution is -0.127. The maximum Gasteiger partial charge on any atom is 0.262 e. The van der Waals surface area contributed by atoms with Crippen molar-refractivity contribution in [3.63, 3.8) is 0 Å². The first-order valence-electron chi connectivity index (χ1n) is 8.39. The lowest BCUT2D eigenvalue weighted by atomic mass is 10.1. The summed E-state index contributed by atoms with van der Waals surface area (Å²) in [4.78, 5) is 26.5. The number of carbonyl (C=O) groups is 2. The van der Waals surface area contributed by atoms with E-state index in [0.717, 1.165) is 22.9 Å². The molecule has 2 heterocycles. The van der Waals surface area contributed by atoms with Crippen LogP contribution >= 0.6 is 11.7 Å². The molecule has 0 bridgehead atoms. The first-order valence-corrected chi connectivity index (χ1v) is 9.12. The Hall–Kier alpha value is -3.20. The van der Waals surface area contributed by atoms with Crippen LogP contribution in [-0.2, 0) is 9.59 Å². The molecule has 2 N–H and O–H groups in total. The van der Waals surface area contributed by atoms with Crippen LogP contribution < -0.4 is 20.3 Å². The Labute approximate surface area is 159 Å². The first kappa shape index (κ1) is 17.2. The second-order valence-electron chi connectivity index (χ2n) is 6.05. The van der Waals surface area contributed by atoms with Gasteiger partial charge in [0.25, 0.3) is 5.91 Å². The number of anilines is 2. The Balaban J connectivity index is 1.54. The average molecular weight is 383 g/mol. The number of amides is 2. The maximum atomic E-state index is 12.7. The van der Waals surface area contributed by atoms with Crippen LogP contribution in [0.4, 0.5) is 11.4 Å². The smallest absolute Gasteiger partial charge is 0.262 e. The van der Waals surface area contributed by atoms with Gasteiger partial charge in [0.1, 0.15) is 16.8 Å². The SMILES string of the molecule is CNC(=O)C1CN(CC(=O)Nc2cccc3nsnc23)c2ccccc2O1. The van der Waals surface area contributed by atoms with Gasteiger partial charge < -0.3 is 20.3 Å². The van der Waals surface area contributed by atoms with Gasteiger partial charge in [0.15, 0.2) is 6.10 Å². The molecule has 0 aliphatic carbocycles. The number of fused-ring (bicyclic) bond motifs is 2.